The van der Waals surface area contributed by atoms with E-state index in [1.165, 1.54) is 0 Å². The third-order valence-electron chi connectivity index (χ3n) is 1.96. The SMILES string of the molecule is CCOc1ccn(-c2ccccc2Cl)n1.CP. The first-order chi connectivity index (χ1) is 8.31. The minimum Gasteiger partial charge on any atom is -0.477 e. The molecule has 0 N–H and O–H groups in total. The number of rotatable bonds is 3. The van der Waals surface area contributed by atoms with Gasteiger partial charge in [-0.05, 0) is 19.1 Å². The summed E-state index contributed by atoms with van der Waals surface area (Å²) in [5.41, 5.74) is 0.852. The molecule has 1 unspecified atom stereocenters. The lowest BCUT2D eigenvalue weighted by atomic mass is 10.3. The minimum atomic E-state index is 0.609. The molecule has 2 rings (SSSR count). The molecular formula is C12H16ClN2OP. The van der Waals surface area contributed by atoms with E-state index in [2.05, 4.69) is 14.3 Å². The van der Waals surface area contributed by atoms with Crippen molar-refractivity contribution in [3.05, 3.63) is 41.6 Å². The minimum absolute atomic E-state index is 0.609. The summed E-state index contributed by atoms with van der Waals surface area (Å²) < 4.78 is 6.97. The van der Waals surface area contributed by atoms with E-state index < -0.39 is 0 Å². The fraction of sp³-hybridized carbons (Fsp3) is 0.250. The number of hydrogen-bond acceptors (Lipinski definition) is 2. The number of ether oxygens (including phenoxy) is 1. The maximum atomic E-state index is 6.04. The maximum Gasteiger partial charge on any atom is 0.233 e. The molecule has 0 fully saturated rings. The van der Waals surface area contributed by atoms with Crippen LogP contribution in [0, 0.1) is 0 Å². The molecule has 0 saturated carbocycles. The molecule has 92 valence electrons. The van der Waals surface area contributed by atoms with Gasteiger partial charge < -0.3 is 4.74 Å². The number of para-hydroxylation sites is 1. The molecule has 0 bridgehead atoms. The van der Waals surface area contributed by atoms with Crippen molar-refractivity contribution in [2.75, 3.05) is 13.3 Å². The third kappa shape index (κ3) is 3.72. The van der Waals surface area contributed by atoms with Gasteiger partial charge in [0.1, 0.15) is 0 Å². The lowest BCUT2D eigenvalue weighted by molar-refractivity contribution is 0.324. The highest BCUT2D eigenvalue weighted by molar-refractivity contribution is 7.15. The van der Waals surface area contributed by atoms with Crippen LogP contribution < -0.4 is 4.74 Å². The normalized spacial score (nSPS) is 9.41. The Morgan fingerprint density at radius 2 is 2.00 bits per heavy atom. The van der Waals surface area contributed by atoms with Gasteiger partial charge in [0.25, 0.3) is 0 Å². The first kappa shape index (κ1) is 14.0. The Balaban J connectivity index is 0.000000686. The summed E-state index contributed by atoms with van der Waals surface area (Å²) >= 11 is 6.04. The molecular weight excluding hydrogens is 255 g/mol. The smallest absolute Gasteiger partial charge is 0.233 e. The van der Waals surface area contributed by atoms with E-state index in [9.17, 15) is 0 Å². The first-order valence-corrected chi connectivity index (χ1v) is 6.85. The van der Waals surface area contributed by atoms with E-state index >= 15 is 0 Å². The molecule has 2 aromatic rings. The van der Waals surface area contributed by atoms with Gasteiger partial charge in [-0.2, -0.15) is 0 Å². The zero-order valence-electron chi connectivity index (χ0n) is 9.93. The predicted octanol–water partition coefficient (Wildman–Crippen LogP) is 3.42. The van der Waals surface area contributed by atoms with E-state index in [-0.39, 0.29) is 0 Å². The highest BCUT2D eigenvalue weighted by atomic mass is 35.5. The van der Waals surface area contributed by atoms with Crippen LogP contribution in [-0.4, -0.2) is 23.1 Å². The molecule has 3 nitrogen and oxygen atoms in total. The molecule has 1 aromatic heterocycles. The van der Waals surface area contributed by atoms with Crippen molar-refractivity contribution in [2.45, 2.75) is 6.92 Å². The maximum absolute atomic E-state index is 6.04. The van der Waals surface area contributed by atoms with Gasteiger partial charge in [0.05, 0.1) is 17.3 Å². The fourth-order valence-electron chi connectivity index (χ4n) is 1.30. The van der Waals surface area contributed by atoms with Gasteiger partial charge in [-0.25, -0.2) is 4.68 Å². The Morgan fingerprint density at radius 3 is 2.65 bits per heavy atom. The molecule has 1 atom stereocenters. The second-order valence-electron chi connectivity index (χ2n) is 2.98. The predicted molar refractivity (Wildman–Crippen MR) is 75.4 cm³/mol. The van der Waals surface area contributed by atoms with Crippen LogP contribution in [0.5, 0.6) is 5.88 Å². The third-order valence-corrected chi connectivity index (χ3v) is 2.28. The van der Waals surface area contributed by atoms with Crippen molar-refractivity contribution in [3.63, 3.8) is 0 Å². The Bertz CT molecular complexity index is 459. The number of aromatic nitrogens is 2. The zero-order chi connectivity index (χ0) is 12.7. The summed E-state index contributed by atoms with van der Waals surface area (Å²) in [5, 5.41) is 4.91. The molecule has 0 radical (unpaired) electrons. The molecule has 1 aromatic carbocycles. The Hall–Kier alpha value is -1.05. The molecule has 0 aliphatic rings. The van der Waals surface area contributed by atoms with Gasteiger partial charge in [0, 0.05) is 12.3 Å². The van der Waals surface area contributed by atoms with Gasteiger partial charge in [-0.3, -0.25) is 0 Å². The monoisotopic (exact) mass is 270 g/mol. The number of halogens is 1. The summed E-state index contributed by atoms with van der Waals surface area (Å²) in [5.74, 6) is 0.609. The van der Waals surface area contributed by atoms with Crippen molar-refractivity contribution in [2.24, 2.45) is 0 Å². The number of nitrogens with zero attached hydrogens (tertiary/aromatic N) is 2. The van der Waals surface area contributed by atoms with Gasteiger partial charge in [-0.1, -0.05) is 30.4 Å². The Kier molecular flexibility index (Phi) is 6.03. The largest absolute Gasteiger partial charge is 0.477 e. The molecule has 5 heteroatoms. The van der Waals surface area contributed by atoms with E-state index in [1.54, 1.807) is 4.68 Å². The quantitative estimate of drug-likeness (QED) is 0.799. The first-order valence-electron chi connectivity index (χ1n) is 5.32. The summed E-state index contributed by atoms with van der Waals surface area (Å²) in [6, 6.07) is 9.36. The molecule has 0 spiro atoms. The molecule has 1 heterocycles. The lowest BCUT2D eigenvalue weighted by Gasteiger charge is -2.02. The number of benzene rings is 1. The van der Waals surface area contributed by atoms with Crippen molar-refractivity contribution in [1.29, 1.82) is 0 Å². The van der Waals surface area contributed by atoms with Gasteiger partial charge in [-0.15, -0.1) is 14.3 Å². The second-order valence-corrected chi connectivity index (χ2v) is 3.39. The standard InChI is InChI=1S/C11H11ClN2O.CH5P/c1-2-15-11-7-8-14(13-11)10-6-4-3-5-9(10)12;1-2/h3-8H,2H2,1H3;2H2,1H3. The highest BCUT2D eigenvalue weighted by Crippen LogP contribution is 2.20. The van der Waals surface area contributed by atoms with Crippen molar-refractivity contribution in [3.8, 4) is 11.6 Å². The van der Waals surface area contributed by atoms with Crippen LogP contribution in [0.25, 0.3) is 5.69 Å². The van der Waals surface area contributed by atoms with Gasteiger partial charge in [0.2, 0.25) is 5.88 Å². The van der Waals surface area contributed by atoms with E-state index in [0.29, 0.717) is 17.5 Å². The van der Waals surface area contributed by atoms with Crippen LogP contribution in [0.2, 0.25) is 5.02 Å². The highest BCUT2D eigenvalue weighted by Gasteiger charge is 2.04. The van der Waals surface area contributed by atoms with Crippen molar-refractivity contribution >= 4 is 20.8 Å². The van der Waals surface area contributed by atoms with Crippen LogP contribution >= 0.6 is 20.8 Å². The van der Waals surface area contributed by atoms with E-state index in [1.807, 2.05) is 50.1 Å². The summed E-state index contributed by atoms with van der Waals surface area (Å²) in [6.07, 6.45) is 1.83. The van der Waals surface area contributed by atoms with E-state index in [0.717, 1.165) is 5.69 Å². The van der Waals surface area contributed by atoms with Crippen LogP contribution in [0.3, 0.4) is 0 Å². The molecule has 0 saturated heterocycles. The molecule has 0 aliphatic carbocycles. The fourth-order valence-corrected chi connectivity index (χ4v) is 1.53. The van der Waals surface area contributed by atoms with Gasteiger partial charge in [0.15, 0.2) is 0 Å². The van der Waals surface area contributed by atoms with E-state index in [4.69, 9.17) is 16.3 Å². The van der Waals surface area contributed by atoms with Crippen molar-refractivity contribution < 1.29 is 4.74 Å². The van der Waals surface area contributed by atoms with Crippen LogP contribution in [0.4, 0.5) is 0 Å². The number of hydrogen-bond donors (Lipinski definition) is 0. The average Bonchev–Trinajstić information content (AvgIpc) is 2.81. The second kappa shape index (κ2) is 7.31. The topological polar surface area (TPSA) is 27.1 Å². The Labute approximate surface area is 109 Å². The average molecular weight is 271 g/mol. The molecule has 17 heavy (non-hydrogen) atoms. The molecule has 0 amide bonds. The lowest BCUT2D eigenvalue weighted by Crippen LogP contribution is -1.97. The summed E-state index contributed by atoms with van der Waals surface area (Å²) in [7, 11) is 2.42. The van der Waals surface area contributed by atoms with Crippen LogP contribution in [-0.2, 0) is 0 Å². The summed E-state index contributed by atoms with van der Waals surface area (Å²) in [4.78, 5) is 0. The molecule has 0 aliphatic heterocycles. The van der Waals surface area contributed by atoms with Gasteiger partial charge >= 0.3 is 0 Å². The summed E-state index contributed by atoms with van der Waals surface area (Å²) in [6.45, 7) is 4.45. The van der Waals surface area contributed by atoms with Crippen molar-refractivity contribution in [1.82, 2.24) is 9.78 Å². The Morgan fingerprint density at radius 1 is 1.29 bits per heavy atom. The van der Waals surface area contributed by atoms with Crippen LogP contribution in [0.15, 0.2) is 36.5 Å². The zero-order valence-corrected chi connectivity index (χ0v) is 11.8. The van der Waals surface area contributed by atoms with Crippen LogP contribution in [0.1, 0.15) is 6.92 Å².